The Bertz CT molecular complexity index is 1380. The van der Waals surface area contributed by atoms with Crippen LogP contribution in [0.2, 0.25) is 0 Å². The lowest BCUT2D eigenvalue weighted by molar-refractivity contribution is 0.827. The van der Waals surface area contributed by atoms with E-state index in [1.807, 2.05) is 42.5 Å². The predicted molar refractivity (Wildman–Crippen MR) is 111 cm³/mol. The van der Waals surface area contributed by atoms with Crippen LogP contribution in [-0.4, -0.2) is 14.5 Å². The quantitative estimate of drug-likeness (QED) is 0.484. The van der Waals surface area contributed by atoms with E-state index in [9.17, 15) is 4.79 Å². The van der Waals surface area contributed by atoms with Gasteiger partial charge in [0.2, 0.25) is 0 Å². The molecule has 0 bridgehead atoms. The van der Waals surface area contributed by atoms with Crippen molar-refractivity contribution in [2.75, 3.05) is 0 Å². The van der Waals surface area contributed by atoms with Crippen molar-refractivity contribution in [3.63, 3.8) is 0 Å². The number of aromatic amines is 1. The number of hydrogen-bond acceptors (Lipinski definition) is 2. The van der Waals surface area contributed by atoms with Crippen LogP contribution in [0.3, 0.4) is 0 Å². The number of hydrogen-bond donors (Lipinski definition) is 1. The lowest BCUT2D eigenvalue weighted by Crippen LogP contribution is -2.09. The van der Waals surface area contributed by atoms with Crippen LogP contribution in [0.4, 0.5) is 0 Å². The Kier molecular flexibility index (Phi) is 3.41. The van der Waals surface area contributed by atoms with Crippen LogP contribution in [0, 0.1) is 6.92 Å². The van der Waals surface area contributed by atoms with Crippen molar-refractivity contribution in [1.29, 1.82) is 0 Å². The van der Waals surface area contributed by atoms with Crippen molar-refractivity contribution < 1.29 is 0 Å². The maximum Gasteiger partial charge on any atom is 0.259 e. The molecule has 0 saturated carbocycles. The minimum absolute atomic E-state index is 0.106. The summed E-state index contributed by atoms with van der Waals surface area (Å²) in [6, 6.07) is 20.3. The fourth-order valence-corrected chi connectivity index (χ4v) is 3.92. The molecule has 132 valence electrons. The Labute approximate surface area is 156 Å². The van der Waals surface area contributed by atoms with Gasteiger partial charge in [0.15, 0.2) is 0 Å². The zero-order valence-corrected chi connectivity index (χ0v) is 15.3. The van der Waals surface area contributed by atoms with Gasteiger partial charge < -0.3 is 9.55 Å². The van der Waals surface area contributed by atoms with E-state index in [-0.39, 0.29) is 5.56 Å². The van der Waals surface area contributed by atoms with E-state index in [0.717, 1.165) is 28.5 Å². The summed E-state index contributed by atoms with van der Waals surface area (Å²) < 4.78 is 2.29. The molecule has 0 amide bonds. The van der Waals surface area contributed by atoms with Crippen molar-refractivity contribution in [3.05, 3.63) is 76.6 Å². The minimum Gasteiger partial charge on any atom is -0.341 e. The molecule has 0 aliphatic heterocycles. The van der Waals surface area contributed by atoms with Gasteiger partial charge in [-0.1, -0.05) is 42.0 Å². The third-order valence-electron chi connectivity index (χ3n) is 5.21. The molecular formula is C23H19N3O. The molecule has 0 radical (unpaired) electrons. The molecule has 27 heavy (non-hydrogen) atoms. The highest BCUT2D eigenvalue weighted by atomic mass is 16.1. The van der Waals surface area contributed by atoms with Gasteiger partial charge in [0.1, 0.15) is 5.82 Å². The van der Waals surface area contributed by atoms with Crippen LogP contribution in [-0.2, 0) is 6.54 Å². The average molecular weight is 353 g/mol. The van der Waals surface area contributed by atoms with E-state index in [0.29, 0.717) is 11.2 Å². The second kappa shape index (κ2) is 5.81. The van der Waals surface area contributed by atoms with Crippen molar-refractivity contribution in [2.24, 2.45) is 0 Å². The summed E-state index contributed by atoms with van der Waals surface area (Å²) in [4.78, 5) is 20.5. The molecule has 0 unspecified atom stereocenters. The number of nitrogens with zero attached hydrogens (tertiary/aromatic N) is 2. The molecule has 3 aromatic carbocycles. The Balaban J connectivity index is 1.89. The van der Waals surface area contributed by atoms with Crippen molar-refractivity contribution in [3.8, 4) is 11.4 Å². The third kappa shape index (κ3) is 2.37. The van der Waals surface area contributed by atoms with Gasteiger partial charge in [-0.05, 0) is 38.1 Å². The summed E-state index contributed by atoms with van der Waals surface area (Å²) in [6.45, 7) is 5.10. The van der Waals surface area contributed by atoms with Crippen LogP contribution >= 0.6 is 0 Å². The molecule has 4 heteroatoms. The molecule has 0 atom stereocenters. The smallest absolute Gasteiger partial charge is 0.259 e. The highest BCUT2D eigenvalue weighted by molar-refractivity contribution is 6.12. The van der Waals surface area contributed by atoms with Crippen molar-refractivity contribution >= 4 is 32.7 Å². The highest BCUT2D eigenvalue weighted by Gasteiger charge is 2.14. The highest BCUT2D eigenvalue weighted by Crippen LogP contribution is 2.32. The molecule has 0 fully saturated rings. The summed E-state index contributed by atoms with van der Waals surface area (Å²) in [5.74, 6) is 0.599. The summed E-state index contributed by atoms with van der Waals surface area (Å²) >= 11 is 0. The van der Waals surface area contributed by atoms with Crippen LogP contribution in [0.5, 0.6) is 0 Å². The number of benzene rings is 3. The number of nitrogens with one attached hydrogen (secondary N) is 1. The molecule has 2 aromatic heterocycles. The van der Waals surface area contributed by atoms with E-state index in [2.05, 4.69) is 41.6 Å². The van der Waals surface area contributed by atoms with E-state index < -0.39 is 0 Å². The Morgan fingerprint density at radius 1 is 0.926 bits per heavy atom. The molecule has 0 aliphatic carbocycles. The normalized spacial score (nSPS) is 11.6. The summed E-state index contributed by atoms with van der Waals surface area (Å²) in [5.41, 5.74) is 5.04. The van der Waals surface area contributed by atoms with Gasteiger partial charge in [0.05, 0.1) is 16.4 Å². The largest absolute Gasteiger partial charge is 0.341 e. The maximum absolute atomic E-state index is 12.8. The first-order chi connectivity index (χ1) is 13.2. The van der Waals surface area contributed by atoms with E-state index >= 15 is 0 Å². The summed E-state index contributed by atoms with van der Waals surface area (Å²) in [5, 5.41) is 2.90. The second-order valence-corrected chi connectivity index (χ2v) is 6.93. The van der Waals surface area contributed by atoms with Crippen molar-refractivity contribution in [1.82, 2.24) is 14.5 Å². The van der Waals surface area contributed by atoms with Gasteiger partial charge in [0, 0.05) is 28.4 Å². The number of fused-ring (bicyclic) bond motifs is 4. The van der Waals surface area contributed by atoms with Gasteiger partial charge in [0.25, 0.3) is 5.56 Å². The van der Waals surface area contributed by atoms with Crippen LogP contribution < -0.4 is 5.56 Å². The molecular weight excluding hydrogens is 334 g/mol. The fourth-order valence-electron chi connectivity index (χ4n) is 3.92. The van der Waals surface area contributed by atoms with Gasteiger partial charge >= 0.3 is 0 Å². The summed E-state index contributed by atoms with van der Waals surface area (Å²) in [6.07, 6.45) is 0. The lowest BCUT2D eigenvalue weighted by Gasteiger charge is -2.06. The third-order valence-corrected chi connectivity index (χ3v) is 5.21. The van der Waals surface area contributed by atoms with Crippen LogP contribution in [0.15, 0.2) is 65.5 Å². The van der Waals surface area contributed by atoms with Crippen LogP contribution in [0.1, 0.15) is 12.5 Å². The standard InChI is InChI=1S/C23H19N3O/c1-3-26-20-10-9-14(2)11-16(20)17-12-18-19(13-21(17)26)24-22(25-23(18)27)15-7-5-4-6-8-15/h4-13H,3H2,1-2H3,(H,24,25,27). The van der Waals surface area contributed by atoms with Gasteiger partial charge in [-0.2, -0.15) is 0 Å². The number of H-pyrrole nitrogens is 1. The maximum atomic E-state index is 12.8. The molecule has 0 saturated heterocycles. The topological polar surface area (TPSA) is 50.7 Å². The first kappa shape index (κ1) is 15.8. The molecule has 0 spiro atoms. The summed E-state index contributed by atoms with van der Waals surface area (Å²) in [7, 11) is 0. The van der Waals surface area contributed by atoms with Crippen molar-refractivity contribution in [2.45, 2.75) is 20.4 Å². The fraction of sp³-hybridized carbons (Fsp3) is 0.130. The Hall–Kier alpha value is -3.40. The Morgan fingerprint density at radius 2 is 1.70 bits per heavy atom. The predicted octanol–water partition coefficient (Wildman–Crippen LogP) is 5.03. The van der Waals surface area contributed by atoms with E-state index in [1.165, 1.54) is 16.5 Å². The van der Waals surface area contributed by atoms with Gasteiger partial charge in [-0.25, -0.2) is 4.98 Å². The SMILES string of the molecule is CCn1c2ccc(C)cc2c2cc3c(=O)[nH]c(-c4ccccc4)nc3cc21. The zero-order valence-electron chi connectivity index (χ0n) is 15.3. The van der Waals surface area contributed by atoms with Gasteiger partial charge in [-0.3, -0.25) is 4.79 Å². The molecule has 4 nitrogen and oxygen atoms in total. The lowest BCUT2D eigenvalue weighted by atomic mass is 10.1. The first-order valence-corrected chi connectivity index (χ1v) is 9.18. The Morgan fingerprint density at radius 3 is 2.48 bits per heavy atom. The number of aromatic nitrogens is 3. The molecule has 1 N–H and O–H groups in total. The first-order valence-electron chi connectivity index (χ1n) is 9.18. The molecule has 5 aromatic rings. The molecule has 0 aliphatic rings. The number of aryl methyl sites for hydroxylation is 2. The zero-order chi connectivity index (χ0) is 18.5. The monoisotopic (exact) mass is 353 g/mol. The molecule has 5 rings (SSSR count). The molecule has 2 heterocycles. The second-order valence-electron chi connectivity index (χ2n) is 6.93. The van der Waals surface area contributed by atoms with Gasteiger partial charge in [-0.15, -0.1) is 0 Å². The van der Waals surface area contributed by atoms with Crippen LogP contribution in [0.25, 0.3) is 44.1 Å². The van der Waals surface area contributed by atoms with E-state index in [1.54, 1.807) is 0 Å². The average Bonchev–Trinajstić information content (AvgIpc) is 2.99. The minimum atomic E-state index is -0.106. The van der Waals surface area contributed by atoms with E-state index in [4.69, 9.17) is 4.98 Å². The number of rotatable bonds is 2.